The zero-order valence-electron chi connectivity index (χ0n) is 19.6. The average molecular weight is 470 g/mol. The van der Waals surface area contributed by atoms with Gasteiger partial charge in [-0.3, -0.25) is 9.58 Å². The number of hydrogen-bond acceptors (Lipinski definition) is 7. The van der Waals surface area contributed by atoms with Crippen LogP contribution in [0, 0.1) is 0 Å². The minimum atomic E-state index is 0.517. The molecule has 178 valence electrons. The number of anilines is 2. The molecule has 0 aliphatic carbocycles. The lowest BCUT2D eigenvalue weighted by molar-refractivity contribution is 0.0361. The van der Waals surface area contributed by atoms with Crippen LogP contribution in [-0.2, 0) is 11.3 Å². The van der Waals surface area contributed by atoms with E-state index in [1.165, 1.54) is 0 Å². The van der Waals surface area contributed by atoms with Gasteiger partial charge in [-0.05, 0) is 42.5 Å². The molecule has 1 aliphatic rings. The molecule has 0 unspecified atom stereocenters. The molecule has 3 aromatic heterocycles. The summed E-state index contributed by atoms with van der Waals surface area (Å²) in [5.74, 6) is 1.32. The molecule has 4 heterocycles. The van der Waals surface area contributed by atoms with E-state index < -0.39 is 0 Å². The van der Waals surface area contributed by atoms with Crippen LogP contribution in [0.5, 0.6) is 5.75 Å². The molecule has 1 fully saturated rings. The van der Waals surface area contributed by atoms with Crippen molar-refractivity contribution in [2.24, 2.45) is 0 Å². The maximum Gasteiger partial charge on any atom is 0.245 e. The van der Waals surface area contributed by atoms with E-state index >= 15 is 0 Å². The summed E-state index contributed by atoms with van der Waals surface area (Å²) in [5.41, 5.74) is 4.83. The van der Waals surface area contributed by atoms with Gasteiger partial charge in [0.2, 0.25) is 5.95 Å². The number of ether oxygens (including phenoxy) is 2. The van der Waals surface area contributed by atoms with Gasteiger partial charge in [0.15, 0.2) is 0 Å². The third-order valence-electron chi connectivity index (χ3n) is 6.41. The van der Waals surface area contributed by atoms with Gasteiger partial charge in [0.25, 0.3) is 0 Å². The van der Waals surface area contributed by atoms with Crippen LogP contribution in [0.3, 0.4) is 0 Å². The van der Waals surface area contributed by atoms with Crippen molar-refractivity contribution in [2.75, 3.05) is 45.3 Å². The quantitative estimate of drug-likeness (QED) is 0.388. The van der Waals surface area contributed by atoms with E-state index in [9.17, 15) is 0 Å². The molecule has 0 bridgehead atoms. The molecule has 1 N–H and O–H groups in total. The third kappa shape index (κ3) is 4.31. The second kappa shape index (κ2) is 9.36. The van der Waals surface area contributed by atoms with Gasteiger partial charge in [-0.15, -0.1) is 5.10 Å². The van der Waals surface area contributed by atoms with Gasteiger partial charge in [-0.1, -0.05) is 12.1 Å². The summed E-state index contributed by atoms with van der Waals surface area (Å²) in [6.07, 6.45) is 3.74. The summed E-state index contributed by atoms with van der Waals surface area (Å²) >= 11 is 0. The first-order chi connectivity index (χ1) is 17.3. The number of aromatic nitrogens is 5. The van der Waals surface area contributed by atoms with Gasteiger partial charge >= 0.3 is 0 Å². The van der Waals surface area contributed by atoms with E-state index in [1.807, 2.05) is 59.4 Å². The third-order valence-corrected chi connectivity index (χ3v) is 6.41. The van der Waals surface area contributed by atoms with Crippen LogP contribution in [0.1, 0.15) is 0 Å². The van der Waals surface area contributed by atoms with Gasteiger partial charge in [0.05, 0.1) is 56.0 Å². The first kappa shape index (κ1) is 21.6. The fourth-order valence-electron chi connectivity index (χ4n) is 4.54. The van der Waals surface area contributed by atoms with Crippen molar-refractivity contribution in [2.45, 2.75) is 6.54 Å². The second-order valence-corrected chi connectivity index (χ2v) is 8.56. The van der Waals surface area contributed by atoms with Gasteiger partial charge in [0.1, 0.15) is 5.75 Å². The smallest absolute Gasteiger partial charge is 0.245 e. The molecule has 1 aliphatic heterocycles. The van der Waals surface area contributed by atoms with Crippen LogP contribution in [0.2, 0.25) is 0 Å². The van der Waals surface area contributed by atoms with Crippen LogP contribution in [-0.4, -0.2) is 69.2 Å². The molecular weight excluding hydrogens is 442 g/mol. The molecule has 35 heavy (non-hydrogen) atoms. The van der Waals surface area contributed by atoms with Crippen molar-refractivity contribution in [1.29, 1.82) is 0 Å². The topological polar surface area (TPSA) is 81.7 Å². The van der Waals surface area contributed by atoms with E-state index in [0.29, 0.717) is 5.95 Å². The molecule has 9 nitrogen and oxygen atoms in total. The number of nitrogens with one attached hydrogen (secondary N) is 1. The Hall–Kier alpha value is -3.95. The summed E-state index contributed by atoms with van der Waals surface area (Å²) in [7, 11) is 1.68. The highest BCUT2D eigenvalue weighted by molar-refractivity contribution is 5.83. The van der Waals surface area contributed by atoms with E-state index in [1.54, 1.807) is 7.11 Å². The number of methoxy groups -OCH3 is 1. The Morgan fingerprint density at radius 2 is 1.89 bits per heavy atom. The largest absolute Gasteiger partial charge is 0.496 e. The summed E-state index contributed by atoms with van der Waals surface area (Å²) in [6, 6.07) is 18.2. The molecule has 9 heteroatoms. The summed E-state index contributed by atoms with van der Waals surface area (Å²) in [5, 5.41) is 13.8. The summed E-state index contributed by atoms with van der Waals surface area (Å²) < 4.78 is 15.0. The molecule has 1 saturated heterocycles. The van der Waals surface area contributed by atoms with Crippen LogP contribution < -0.4 is 10.1 Å². The highest BCUT2D eigenvalue weighted by Crippen LogP contribution is 2.31. The number of nitrogens with zero attached hydrogens (tertiary/aromatic N) is 6. The van der Waals surface area contributed by atoms with Crippen LogP contribution in [0.4, 0.5) is 11.6 Å². The Bertz CT molecular complexity index is 1470. The highest BCUT2D eigenvalue weighted by Gasteiger charge is 2.13. The van der Waals surface area contributed by atoms with Crippen molar-refractivity contribution < 1.29 is 9.47 Å². The predicted molar refractivity (Wildman–Crippen MR) is 135 cm³/mol. The van der Waals surface area contributed by atoms with Gasteiger partial charge in [0, 0.05) is 36.3 Å². The zero-order valence-corrected chi connectivity index (χ0v) is 19.6. The van der Waals surface area contributed by atoms with Crippen molar-refractivity contribution in [3.63, 3.8) is 0 Å². The second-order valence-electron chi connectivity index (χ2n) is 8.56. The van der Waals surface area contributed by atoms with E-state index in [2.05, 4.69) is 37.1 Å². The van der Waals surface area contributed by atoms with E-state index in [0.717, 1.165) is 78.5 Å². The fourth-order valence-corrected chi connectivity index (χ4v) is 4.54. The van der Waals surface area contributed by atoms with Crippen molar-refractivity contribution in [3.05, 3.63) is 67.0 Å². The van der Waals surface area contributed by atoms with Crippen LogP contribution in [0.25, 0.3) is 27.7 Å². The Morgan fingerprint density at radius 3 is 2.77 bits per heavy atom. The van der Waals surface area contributed by atoms with Crippen molar-refractivity contribution in [3.8, 4) is 17.0 Å². The van der Waals surface area contributed by atoms with E-state index in [-0.39, 0.29) is 0 Å². The number of hydrogen-bond donors (Lipinski definition) is 1. The lowest BCUT2D eigenvalue weighted by Crippen LogP contribution is -2.38. The SMILES string of the molecule is COc1ccccc1-c1ccc2cnc(Nc3ccc4cnn(CCN5CCOCC5)c4c3)nn12. The minimum Gasteiger partial charge on any atom is -0.496 e. The number of fused-ring (bicyclic) bond motifs is 2. The Morgan fingerprint density at radius 1 is 1.00 bits per heavy atom. The first-order valence-electron chi connectivity index (χ1n) is 11.8. The van der Waals surface area contributed by atoms with Crippen molar-refractivity contribution in [1.82, 2.24) is 29.3 Å². The van der Waals surface area contributed by atoms with Crippen molar-refractivity contribution >= 4 is 28.1 Å². The van der Waals surface area contributed by atoms with Crippen LogP contribution >= 0.6 is 0 Å². The van der Waals surface area contributed by atoms with Gasteiger partial charge in [-0.2, -0.15) is 5.10 Å². The lowest BCUT2D eigenvalue weighted by atomic mass is 10.1. The highest BCUT2D eigenvalue weighted by atomic mass is 16.5. The molecule has 0 saturated carbocycles. The Labute approximate surface area is 202 Å². The number of para-hydroxylation sites is 1. The monoisotopic (exact) mass is 469 g/mol. The standard InChI is InChI=1S/C26H27N7O2/c1-34-25-5-3-2-4-22(25)23-9-8-21-18-27-26(30-33(21)23)29-20-7-6-19-17-28-32(24(19)16-20)11-10-31-12-14-35-15-13-31/h2-9,16-18H,10-15H2,1H3,(H,29,30). The average Bonchev–Trinajstić information content (AvgIpc) is 3.51. The van der Waals surface area contributed by atoms with Gasteiger partial charge < -0.3 is 14.8 Å². The summed E-state index contributed by atoms with van der Waals surface area (Å²) in [6.45, 7) is 5.35. The Kier molecular flexibility index (Phi) is 5.77. The molecule has 0 radical (unpaired) electrons. The van der Waals surface area contributed by atoms with E-state index in [4.69, 9.17) is 14.6 Å². The molecule has 0 spiro atoms. The summed E-state index contributed by atoms with van der Waals surface area (Å²) in [4.78, 5) is 6.94. The fraction of sp³-hybridized carbons (Fsp3) is 0.269. The first-order valence-corrected chi connectivity index (χ1v) is 11.8. The molecule has 5 aromatic rings. The molecule has 6 rings (SSSR count). The number of benzene rings is 2. The maximum absolute atomic E-state index is 5.56. The number of morpholine rings is 1. The predicted octanol–water partition coefficient (Wildman–Crippen LogP) is 3.83. The molecule has 0 atom stereocenters. The lowest BCUT2D eigenvalue weighted by Gasteiger charge is -2.26. The molecule has 0 amide bonds. The normalized spacial score (nSPS) is 14.5. The molecule has 2 aromatic carbocycles. The maximum atomic E-state index is 5.56. The van der Waals surface area contributed by atoms with Gasteiger partial charge in [-0.25, -0.2) is 9.50 Å². The van der Waals surface area contributed by atoms with Crippen LogP contribution in [0.15, 0.2) is 67.0 Å². The number of rotatable bonds is 7. The molecular formula is C26H27N7O2. The Balaban J connectivity index is 1.26. The minimum absolute atomic E-state index is 0.517. The zero-order chi connectivity index (χ0) is 23.6.